The van der Waals surface area contributed by atoms with E-state index in [1.54, 1.807) is 6.20 Å². The maximum atomic E-state index is 5.89. The van der Waals surface area contributed by atoms with Crippen LogP contribution in [0.4, 0.5) is 5.95 Å². The van der Waals surface area contributed by atoms with Gasteiger partial charge in [0.2, 0.25) is 0 Å². The Morgan fingerprint density at radius 3 is 2.85 bits per heavy atom. The van der Waals surface area contributed by atoms with Crippen LogP contribution in [0, 0.1) is 0 Å². The molecular weight excluding hydrogens is 250 g/mol. The summed E-state index contributed by atoms with van der Waals surface area (Å²) in [6, 6.07) is 11.9. The van der Waals surface area contributed by atoms with Gasteiger partial charge in [0.15, 0.2) is 5.69 Å². The monoisotopic (exact) mass is 266 g/mol. The first kappa shape index (κ1) is 12.3. The molecule has 5 heteroatoms. The molecule has 0 aliphatic rings. The molecule has 5 nitrogen and oxygen atoms in total. The molecule has 0 aliphatic carbocycles. The van der Waals surface area contributed by atoms with Crippen LogP contribution in [-0.2, 0) is 6.42 Å². The largest absolute Gasteiger partial charge is 0.411 e. The Morgan fingerprint density at radius 2 is 2.05 bits per heavy atom. The molecule has 20 heavy (non-hydrogen) atoms. The van der Waals surface area contributed by atoms with E-state index >= 15 is 0 Å². The number of nitrogen functional groups attached to an aromatic ring is 2. The van der Waals surface area contributed by atoms with Gasteiger partial charge in [-0.05, 0) is 12.1 Å². The minimum atomic E-state index is 0.306. The molecule has 0 atom stereocenters. The lowest BCUT2D eigenvalue weighted by molar-refractivity contribution is -0.634. The van der Waals surface area contributed by atoms with Crippen molar-refractivity contribution in [3.05, 3.63) is 48.3 Å². The molecule has 3 aromatic rings. The van der Waals surface area contributed by atoms with Gasteiger partial charge >= 0.3 is 5.95 Å². The molecule has 100 valence electrons. The Hall–Kier alpha value is -2.69. The lowest BCUT2D eigenvalue weighted by atomic mass is 10.0. The van der Waals surface area contributed by atoms with Gasteiger partial charge in [-0.25, -0.2) is 0 Å². The first-order valence-corrected chi connectivity index (χ1v) is 6.51. The van der Waals surface area contributed by atoms with Crippen molar-refractivity contribution in [3.63, 3.8) is 0 Å². The second-order valence-electron chi connectivity index (χ2n) is 4.59. The number of anilines is 1. The fourth-order valence-corrected chi connectivity index (χ4v) is 2.32. The van der Waals surface area contributed by atoms with Crippen molar-refractivity contribution in [2.75, 3.05) is 11.6 Å². The molecule has 1 aromatic carbocycles. The number of nitrogens with zero attached hydrogens (tertiary/aromatic N) is 3. The topological polar surface area (TPSA) is 81.7 Å². The van der Waals surface area contributed by atoms with Crippen LogP contribution in [0.5, 0.6) is 0 Å². The zero-order valence-electron chi connectivity index (χ0n) is 11.2. The lowest BCUT2D eigenvalue weighted by Gasteiger charge is -2.06. The fourth-order valence-electron chi connectivity index (χ4n) is 2.32. The summed E-state index contributed by atoms with van der Waals surface area (Å²) in [5.74, 6) is 6.18. The second kappa shape index (κ2) is 4.77. The Balaban J connectivity index is 2.28. The van der Waals surface area contributed by atoms with Crippen molar-refractivity contribution < 1.29 is 4.68 Å². The Morgan fingerprint density at radius 1 is 1.20 bits per heavy atom. The normalized spacial score (nSPS) is 10.8. The molecule has 3 rings (SSSR count). The van der Waals surface area contributed by atoms with Crippen LogP contribution in [0.3, 0.4) is 0 Å². The van der Waals surface area contributed by atoms with Gasteiger partial charge in [-0.3, -0.25) is 16.6 Å². The maximum absolute atomic E-state index is 5.89. The van der Waals surface area contributed by atoms with Crippen molar-refractivity contribution >= 4 is 16.9 Å². The van der Waals surface area contributed by atoms with Crippen molar-refractivity contribution in [3.8, 4) is 11.3 Å². The summed E-state index contributed by atoms with van der Waals surface area (Å²) >= 11 is 0. The summed E-state index contributed by atoms with van der Waals surface area (Å²) in [5.41, 5.74) is 9.60. The quantitative estimate of drug-likeness (QED) is 0.543. The molecule has 0 bridgehead atoms. The van der Waals surface area contributed by atoms with Gasteiger partial charge < -0.3 is 0 Å². The first-order chi connectivity index (χ1) is 9.70. The molecule has 2 aromatic heterocycles. The van der Waals surface area contributed by atoms with Gasteiger partial charge in [-0.1, -0.05) is 30.1 Å². The lowest BCUT2D eigenvalue weighted by Crippen LogP contribution is -2.51. The third-order valence-corrected chi connectivity index (χ3v) is 3.38. The van der Waals surface area contributed by atoms with Crippen LogP contribution in [0.2, 0.25) is 0 Å². The van der Waals surface area contributed by atoms with Crippen LogP contribution in [0.1, 0.15) is 12.6 Å². The number of benzene rings is 1. The van der Waals surface area contributed by atoms with E-state index in [0.717, 1.165) is 34.3 Å². The minimum absolute atomic E-state index is 0.306. The molecule has 0 spiro atoms. The van der Waals surface area contributed by atoms with Crippen LogP contribution in [-0.4, -0.2) is 9.97 Å². The van der Waals surface area contributed by atoms with Gasteiger partial charge in [0.1, 0.15) is 5.69 Å². The molecule has 0 aliphatic heterocycles. The van der Waals surface area contributed by atoms with Gasteiger partial charge in [-0.2, -0.15) is 0 Å². The summed E-state index contributed by atoms with van der Waals surface area (Å²) in [4.78, 5) is 8.75. The Bertz CT molecular complexity index is 777. The standard InChI is InChI=1S/C15H15N5/c1-2-10-9-14(19-15(16)20(10)17)12-5-3-7-13-11(12)6-4-8-18-13/h3-9,16H,2,17H2,1H3/p+1. The number of hydrogen-bond acceptors (Lipinski definition) is 4. The summed E-state index contributed by atoms with van der Waals surface area (Å²) < 4.78 is 1.42. The third-order valence-electron chi connectivity index (χ3n) is 3.38. The molecule has 0 fully saturated rings. The van der Waals surface area contributed by atoms with Gasteiger partial charge in [0.05, 0.1) is 5.52 Å². The zero-order valence-corrected chi connectivity index (χ0v) is 11.2. The van der Waals surface area contributed by atoms with Crippen molar-refractivity contribution in [1.82, 2.24) is 9.97 Å². The van der Waals surface area contributed by atoms with E-state index in [1.807, 2.05) is 43.3 Å². The SMILES string of the molecule is CCc1cc(-c2cccc3ncccc23)nc(N)[n+]1N. The number of nitrogens with two attached hydrogens (primary N) is 2. The summed E-state index contributed by atoms with van der Waals surface area (Å²) in [6.07, 6.45) is 2.57. The Labute approximate surface area is 116 Å². The van der Waals surface area contributed by atoms with Crippen LogP contribution in [0.15, 0.2) is 42.6 Å². The smallest absolute Gasteiger partial charge is 0.289 e. The number of aromatic nitrogens is 3. The van der Waals surface area contributed by atoms with Gasteiger partial charge in [0, 0.05) is 29.6 Å². The highest BCUT2D eigenvalue weighted by Crippen LogP contribution is 2.26. The van der Waals surface area contributed by atoms with E-state index in [0.29, 0.717) is 5.95 Å². The maximum Gasteiger partial charge on any atom is 0.411 e. The second-order valence-corrected chi connectivity index (χ2v) is 4.59. The van der Waals surface area contributed by atoms with Crippen LogP contribution >= 0.6 is 0 Å². The zero-order chi connectivity index (χ0) is 14.1. The molecule has 0 amide bonds. The number of pyridine rings is 1. The minimum Gasteiger partial charge on any atom is -0.289 e. The third kappa shape index (κ3) is 1.93. The van der Waals surface area contributed by atoms with E-state index < -0.39 is 0 Å². The highest BCUT2D eigenvalue weighted by atomic mass is 15.3. The predicted molar refractivity (Wildman–Crippen MR) is 79.1 cm³/mol. The molecule has 0 radical (unpaired) electrons. The summed E-state index contributed by atoms with van der Waals surface area (Å²) in [6.45, 7) is 2.03. The van der Waals surface area contributed by atoms with Crippen LogP contribution in [0.25, 0.3) is 22.2 Å². The van der Waals surface area contributed by atoms with Crippen molar-refractivity contribution in [2.24, 2.45) is 0 Å². The molecule has 0 unspecified atom stereocenters. The molecular formula is C15H16N5+. The summed E-state index contributed by atoms with van der Waals surface area (Å²) in [7, 11) is 0. The molecule has 4 N–H and O–H groups in total. The van der Waals surface area contributed by atoms with Crippen molar-refractivity contribution in [1.29, 1.82) is 0 Å². The molecule has 0 saturated carbocycles. The number of rotatable bonds is 2. The Kier molecular flexibility index (Phi) is 2.95. The average molecular weight is 266 g/mol. The number of fused-ring (bicyclic) bond motifs is 1. The molecule has 0 saturated heterocycles. The van der Waals surface area contributed by atoms with Gasteiger partial charge in [-0.15, -0.1) is 4.68 Å². The summed E-state index contributed by atoms with van der Waals surface area (Å²) in [5, 5.41) is 1.05. The van der Waals surface area contributed by atoms with Gasteiger partial charge in [0.25, 0.3) is 0 Å². The van der Waals surface area contributed by atoms with E-state index in [-0.39, 0.29) is 0 Å². The van der Waals surface area contributed by atoms with E-state index in [9.17, 15) is 0 Å². The van der Waals surface area contributed by atoms with E-state index in [2.05, 4.69) is 9.97 Å². The molecule has 2 heterocycles. The highest BCUT2D eigenvalue weighted by Gasteiger charge is 2.16. The highest BCUT2D eigenvalue weighted by molar-refractivity contribution is 5.93. The van der Waals surface area contributed by atoms with Crippen molar-refractivity contribution in [2.45, 2.75) is 13.3 Å². The van der Waals surface area contributed by atoms with E-state index in [4.69, 9.17) is 11.6 Å². The predicted octanol–water partition coefficient (Wildman–Crippen LogP) is 1.44. The fraction of sp³-hybridized carbons (Fsp3) is 0.133. The number of aryl methyl sites for hydroxylation is 1. The van der Waals surface area contributed by atoms with Crippen LogP contribution < -0.4 is 16.3 Å². The first-order valence-electron chi connectivity index (χ1n) is 6.51. The number of hydrogen-bond donors (Lipinski definition) is 2. The van der Waals surface area contributed by atoms with E-state index in [1.165, 1.54) is 4.68 Å². The average Bonchev–Trinajstić information content (AvgIpc) is 2.49.